The molecular formula is C7H11NO. The average molecular weight is 125 g/mol. The number of hydrogen-bond acceptors (Lipinski definition) is 2. The van der Waals surface area contributed by atoms with Crippen LogP contribution in [0, 0.1) is 5.92 Å². The van der Waals surface area contributed by atoms with Crippen molar-refractivity contribution in [2.75, 3.05) is 6.54 Å². The molecule has 2 heteroatoms. The third-order valence-electron chi connectivity index (χ3n) is 2.42. The molecule has 0 spiro atoms. The van der Waals surface area contributed by atoms with Gasteiger partial charge in [0.15, 0.2) is 0 Å². The zero-order valence-corrected chi connectivity index (χ0v) is 5.39. The lowest BCUT2D eigenvalue weighted by molar-refractivity contribution is -0.126. The van der Waals surface area contributed by atoms with Crippen molar-refractivity contribution in [2.45, 2.75) is 25.3 Å². The first kappa shape index (κ1) is 5.42. The van der Waals surface area contributed by atoms with Gasteiger partial charge in [-0.25, -0.2) is 0 Å². The minimum atomic E-state index is 0.263. The zero-order valence-electron chi connectivity index (χ0n) is 5.39. The van der Waals surface area contributed by atoms with Crippen LogP contribution in [0.4, 0.5) is 0 Å². The lowest BCUT2D eigenvalue weighted by atomic mass is 9.78. The highest BCUT2D eigenvalue weighted by molar-refractivity contribution is 5.86. The number of rotatable bonds is 0. The SMILES string of the molecule is O=C1CCCC2CNC12. The van der Waals surface area contributed by atoms with Gasteiger partial charge in [0.1, 0.15) is 5.78 Å². The first-order valence-electron chi connectivity index (χ1n) is 3.64. The molecule has 0 aromatic heterocycles. The van der Waals surface area contributed by atoms with Crippen molar-refractivity contribution < 1.29 is 4.79 Å². The number of nitrogens with one attached hydrogen (secondary N) is 1. The van der Waals surface area contributed by atoms with Crippen molar-refractivity contribution in [3.63, 3.8) is 0 Å². The molecule has 0 aromatic rings. The summed E-state index contributed by atoms with van der Waals surface area (Å²) >= 11 is 0. The molecule has 1 saturated carbocycles. The maximum atomic E-state index is 11.0. The molecule has 9 heavy (non-hydrogen) atoms. The van der Waals surface area contributed by atoms with E-state index < -0.39 is 0 Å². The van der Waals surface area contributed by atoms with Crippen LogP contribution in [0.2, 0.25) is 0 Å². The average Bonchev–Trinajstić information content (AvgIpc) is 1.74. The van der Waals surface area contributed by atoms with Gasteiger partial charge in [0.05, 0.1) is 6.04 Å². The fourth-order valence-corrected chi connectivity index (χ4v) is 1.74. The van der Waals surface area contributed by atoms with E-state index in [0.29, 0.717) is 11.7 Å². The Bertz CT molecular complexity index is 144. The van der Waals surface area contributed by atoms with E-state index in [-0.39, 0.29) is 6.04 Å². The van der Waals surface area contributed by atoms with E-state index in [1.807, 2.05) is 0 Å². The Morgan fingerprint density at radius 1 is 1.56 bits per heavy atom. The van der Waals surface area contributed by atoms with E-state index in [1.165, 1.54) is 6.42 Å². The van der Waals surface area contributed by atoms with Crippen molar-refractivity contribution >= 4 is 5.78 Å². The summed E-state index contributed by atoms with van der Waals surface area (Å²) in [6.45, 7) is 1.08. The van der Waals surface area contributed by atoms with Crippen LogP contribution < -0.4 is 5.32 Å². The van der Waals surface area contributed by atoms with Crippen LogP contribution in [0.25, 0.3) is 0 Å². The quantitative estimate of drug-likeness (QED) is 0.505. The molecule has 2 aliphatic rings. The molecule has 2 fully saturated rings. The van der Waals surface area contributed by atoms with Crippen LogP contribution in [-0.4, -0.2) is 18.4 Å². The van der Waals surface area contributed by atoms with Crippen LogP contribution in [0.5, 0.6) is 0 Å². The van der Waals surface area contributed by atoms with Crippen LogP contribution in [0.3, 0.4) is 0 Å². The second-order valence-corrected chi connectivity index (χ2v) is 3.00. The Morgan fingerprint density at radius 3 is 2.89 bits per heavy atom. The number of carbonyl (C=O) groups is 1. The van der Waals surface area contributed by atoms with Gasteiger partial charge in [0.2, 0.25) is 0 Å². The van der Waals surface area contributed by atoms with E-state index >= 15 is 0 Å². The Kier molecular flexibility index (Phi) is 1.09. The second kappa shape index (κ2) is 1.81. The molecule has 1 aliphatic carbocycles. The Morgan fingerprint density at radius 2 is 2.44 bits per heavy atom. The van der Waals surface area contributed by atoms with Crippen molar-refractivity contribution in [1.82, 2.24) is 5.32 Å². The number of ketones is 1. The van der Waals surface area contributed by atoms with Gasteiger partial charge < -0.3 is 5.32 Å². The van der Waals surface area contributed by atoms with E-state index in [4.69, 9.17) is 0 Å². The van der Waals surface area contributed by atoms with Gasteiger partial charge in [-0.3, -0.25) is 4.79 Å². The summed E-state index contributed by atoms with van der Waals surface area (Å²) in [5.74, 6) is 1.14. The third kappa shape index (κ3) is 0.697. The maximum absolute atomic E-state index is 11.0. The maximum Gasteiger partial charge on any atom is 0.150 e. The smallest absolute Gasteiger partial charge is 0.150 e. The Labute approximate surface area is 54.6 Å². The van der Waals surface area contributed by atoms with E-state index in [2.05, 4.69) is 5.32 Å². The molecule has 0 radical (unpaired) electrons. The van der Waals surface area contributed by atoms with Crippen molar-refractivity contribution in [1.29, 1.82) is 0 Å². The molecule has 2 atom stereocenters. The molecule has 1 saturated heterocycles. The fraction of sp³-hybridized carbons (Fsp3) is 0.857. The van der Waals surface area contributed by atoms with Gasteiger partial charge >= 0.3 is 0 Å². The molecule has 1 heterocycles. The minimum Gasteiger partial charge on any atom is -0.307 e. The van der Waals surface area contributed by atoms with Crippen molar-refractivity contribution in [3.05, 3.63) is 0 Å². The van der Waals surface area contributed by atoms with E-state index in [1.54, 1.807) is 0 Å². The molecule has 0 amide bonds. The summed E-state index contributed by atoms with van der Waals surface area (Å²) in [6, 6.07) is 0.263. The third-order valence-corrected chi connectivity index (χ3v) is 2.42. The van der Waals surface area contributed by atoms with Gasteiger partial charge in [-0.2, -0.15) is 0 Å². The monoisotopic (exact) mass is 125 g/mol. The lowest BCUT2D eigenvalue weighted by Crippen LogP contribution is -2.59. The van der Waals surface area contributed by atoms with Crippen LogP contribution in [0.1, 0.15) is 19.3 Å². The number of carbonyl (C=O) groups excluding carboxylic acids is 1. The van der Waals surface area contributed by atoms with Gasteiger partial charge in [-0.05, 0) is 18.8 Å². The first-order valence-corrected chi connectivity index (χ1v) is 3.64. The Hall–Kier alpha value is -0.370. The first-order chi connectivity index (χ1) is 4.38. The normalized spacial score (nSPS) is 41.6. The number of hydrogen-bond donors (Lipinski definition) is 1. The van der Waals surface area contributed by atoms with Gasteiger partial charge in [-0.1, -0.05) is 0 Å². The highest BCUT2D eigenvalue weighted by Gasteiger charge is 2.37. The topological polar surface area (TPSA) is 29.1 Å². The van der Waals surface area contributed by atoms with Crippen LogP contribution in [0.15, 0.2) is 0 Å². The van der Waals surface area contributed by atoms with E-state index in [0.717, 1.165) is 19.4 Å². The summed E-state index contributed by atoms with van der Waals surface area (Å²) in [5.41, 5.74) is 0. The number of fused-ring (bicyclic) bond motifs is 1. The van der Waals surface area contributed by atoms with Crippen LogP contribution >= 0.6 is 0 Å². The lowest BCUT2D eigenvalue weighted by Gasteiger charge is -2.40. The summed E-state index contributed by atoms with van der Waals surface area (Å²) in [5, 5.41) is 3.15. The minimum absolute atomic E-state index is 0.263. The van der Waals surface area contributed by atoms with Crippen LogP contribution in [-0.2, 0) is 4.79 Å². The highest BCUT2D eigenvalue weighted by atomic mass is 16.1. The van der Waals surface area contributed by atoms with Gasteiger partial charge in [-0.15, -0.1) is 0 Å². The summed E-state index contributed by atoms with van der Waals surface area (Å²) in [6.07, 6.45) is 3.21. The molecule has 2 rings (SSSR count). The van der Waals surface area contributed by atoms with E-state index in [9.17, 15) is 4.79 Å². The predicted octanol–water partition coefficient (Wildman–Crippen LogP) is 0.327. The molecule has 1 N–H and O–H groups in total. The fourth-order valence-electron chi connectivity index (χ4n) is 1.74. The van der Waals surface area contributed by atoms with Gasteiger partial charge in [0, 0.05) is 13.0 Å². The zero-order chi connectivity index (χ0) is 6.27. The van der Waals surface area contributed by atoms with Crippen molar-refractivity contribution in [2.24, 2.45) is 5.92 Å². The largest absolute Gasteiger partial charge is 0.307 e. The second-order valence-electron chi connectivity index (χ2n) is 3.00. The summed E-state index contributed by atoms with van der Waals surface area (Å²) in [4.78, 5) is 11.0. The highest BCUT2D eigenvalue weighted by Crippen LogP contribution is 2.26. The molecule has 1 aliphatic heterocycles. The summed E-state index contributed by atoms with van der Waals surface area (Å²) in [7, 11) is 0. The molecular weight excluding hydrogens is 114 g/mol. The molecule has 0 aromatic carbocycles. The van der Waals surface area contributed by atoms with Crippen molar-refractivity contribution in [3.8, 4) is 0 Å². The van der Waals surface area contributed by atoms with Gasteiger partial charge in [0.25, 0.3) is 0 Å². The number of Topliss-reactive ketones (excluding diaryl/α,β-unsaturated/α-hetero) is 1. The molecule has 50 valence electrons. The standard InChI is InChI=1S/C7H11NO/c9-6-3-1-2-5-4-8-7(5)6/h5,7-8H,1-4H2. The molecule has 2 nitrogen and oxygen atoms in total. The summed E-state index contributed by atoms with van der Waals surface area (Å²) < 4.78 is 0. The predicted molar refractivity (Wildman–Crippen MR) is 34.1 cm³/mol. The molecule has 0 bridgehead atoms. The molecule has 2 unspecified atom stereocenters. The Balaban J connectivity index is 2.06.